The first-order valence-corrected chi connectivity index (χ1v) is 7.76. The zero-order valence-electron chi connectivity index (χ0n) is 14.0. The Bertz CT molecular complexity index is 945. The number of nitrogens with zero attached hydrogens (tertiary/aromatic N) is 2. The molecule has 7 heteroatoms. The number of halogens is 2. The summed E-state index contributed by atoms with van der Waals surface area (Å²) in [5, 5.41) is 4.68. The van der Waals surface area contributed by atoms with Crippen molar-refractivity contribution >= 4 is 52.4 Å². The van der Waals surface area contributed by atoms with Gasteiger partial charge < -0.3 is 10.1 Å². The summed E-state index contributed by atoms with van der Waals surface area (Å²) in [4.78, 5) is 20.8. The fourth-order valence-electron chi connectivity index (χ4n) is 2.45. The molecule has 2 aromatic heterocycles. The van der Waals surface area contributed by atoms with Crippen molar-refractivity contribution in [2.45, 2.75) is 13.8 Å². The highest BCUT2D eigenvalue weighted by atomic mass is 35.5. The molecule has 0 saturated heterocycles. The molecule has 1 N–H and O–H groups in total. The smallest absolute Gasteiger partial charge is 0.341 e. The Labute approximate surface area is 156 Å². The molecule has 130 valence electrons. The van der Waals surface area contributed by atoms with Crippen molar-refractivity contribution < 1.29 is 9.53 Å². The fraction of sp³-hybridized carbons (Fsp3) is 0.167. The third-order valence-electron chi connectivity index (χ3n) is 3.80. The predicted octanol–water partition coefficient (Wildman–Crippen LogP) is 4.85. The summed E-state index contributed by atoms with van der Waals surface area (Å²) in [7, 11) is 1.34. The van der Waals surface area contributed by atoms with Gasteiger partial charge in [0.2, 0.25) is 0 Å². The van der Waals surface area contributed by atoms with Crippen LogP contribution in [0, 0.1) is 13.8 Å². The van der Waals surface area contributed by atoms with Crippen LogP contribution in [0.2, 0.25) is 5.02 Å². The average molecular weight is 378 g/mol. The Morgan fingerprint density at radius 3 is 2.68 bits per heavy atom. The van der Waals surface area contributed by atoms with E-state index in [1.807, 2.05) is 44.2 Å². The van der Waals surface area contributed by atoms with E-state index in [0.29, 0.717) is 21.9 Å². The van der Waals surface area contributed by atoms with Crippen LogP contribution in [0.4, 0.5) is 11.4 Å². The average Bonchev–Trinajstić information content (AvgIpc) is 2.58. The summed E-state index contributed by atoms with van der Waals surface area (Å²) in [5.41, 5.74) is 4.05. The molecule has 3 aromatic rings. The van der Waals surface area contributed by atoms with E-state index in [-0.39, 0.29) is 12.4 Å². The van der Waals surface area contributed by atoms with Gasteiger partial charge in [0.15, 0.2) is 5.65 Å². The Balaban J connectivity index is 0.00000225. The lowest BCUT2D eigenvalue weighted by Gasteiger charge is -2.15. The molecule has 0 fully saturated rings. The van der Waals surface area contributed by atoms with Crippen LogP contribution in [0.15, 0.2) is 36.5 Å². The number of benzene rings is 1. The number of carbonyl (C=O) groups excluding carboxylic acids is 1. The van der Waals surface area contributed by atoms with E-state index in [9.17, 15) is 4.79 Å². The van der Waals surface area contributed by atoms with Gasteiger partial charge in [-0.15, -0.1) is 12.4 Å². The molecule has 5 nitrogen and oxygen atoms in total. The quantitative estimate of drug-likeness (QED) is 0.660. The van der Waals surface area contributed by atoms with E-state index in [0.717, 1.165) is 22.3 Å². The SMILES string of the molecule is COC(=O)c1cnc2nc(C)ccc2c1Nc1cccc(Cl)c1C.Cl. The summed E-state index contributed by atoms with van der Waals surface area (Å²) in [6.07, 6.45) is 1.48. The topological polar surface area (TPSA) is 64.1 Å². The predicted molar refractivity (Wildman–Crippen MR) is 102 cm³/mol. The van der Waals surface area contributed by atoms with Gasteiger partial charge in [0.25, 0.3) is 0 Å². The van der Waals surface area contributed by atoms with E-state index >= 15 is 0 Å². The van der Waals surface area contributed by atoms with Crippen LogP contribution in [-0.2, 0) is 4.74 Å². The molecule has 0 radical (unpaired) electrons. The van der Waals surface area contributed by atoms with Crippen molar-refractivity contribution in [3.63, 3.8) is 0 Å². The first kappa shape index (κ1) is 19.0. The van der Waals surface area contributed by atoms with Gasteiger partial charge >= 0.3 is 5.97 Å². The van der Waals surface area contributed by atoms with Gasteiger partial charge in [0, 0.05) is 28.0 Å². The molecule has 0 aliphatic heterocycles. The molecular formula is C18H17Cl2N3O2. The second-order valence-electron chi connectivity index (χ2n) is 5.40. The molecule has 0 unspecified atom stereocenters. The van der Waals surface area contributed by atoms with Crippen LogP contribution in [0.5, 0.6) is 0 Å². The third kappa shape index (κ3) is 3.67. The number of ether oxygens (including phenoxy) is 1. The number of nitrogens with one attached hydrogen (secondary N) is 1. The lowest BCUT2D eigenvalue weighted by molar-refractivity contribution is 0.0601. The molecule has 0 atom stereocenters. The number of aromatic nitrogens is 2. The summed E-state index contributed by atoms with van der Waals surface area (Å²) in [6, 6.07) is 9.33. The summed E-state index contributed by atoms with van der Waals surface area (Å²) >= 11 is 6.19. The molecule has 0 aliphatic rings. The Hall–Kier alpha value is -2.37. The molecule has 0 amide bonds. The van der Waals surface area contributed by atoms with Crippen LogP contribution in [0.1, 0.15) is 21.6 Å². The van der Waals surface area contributed by atoms with Gasteiger partial charge in [-0.1, -0.05) is 17.7 Å². The van der Waals surface area contributed by atoms with E-state index in [4.69, 9.17) is 16.3 Å². The van der Waals surface area contributed by atoms with Gasteiger partial charge in [-0.05, 0) is 43.7 Å². The number of rotatable bonds is 3. The maximum atomic E-state index is 12.1. The monoisotopic (exact) mass is 377 g/mol. The molecule has 2 heterocycles. The van der Waals surface area contributed by atoms with Gasteiger partial charge in [-0.3, -0.25) is 0 Å². The first-order chi connectivity index (χ1) is 11.5. The van der Waals surface area contributed by atoms with Gasteiger partial charge in [0.05, 0.1) is 12.8 Å². The maximum Gasteiger partial charge on any atom is 0.341 e. The van der Waals surface area contributed by atoms with Crippen LogP contribution >= 0.6 is 24.0 Å². The van der Waals surface area contributed by atoms with Crippen molar-refractivity contribution in [2.75, 3.05) is 12.4 Å². The Morgan fingerprint density at radius 2 is 1.96 bits per heavy atom. The lowest BCUT2D eigenvalue weighted by atomic mass is 10.1. The van der Waals surface area contributed by atoms with E-state index < -0.39 is 5.97 Å². The van der Waals surface area contributed by atoms with Crippen molar-refractivity contribution in [1.82, 2.24) is 9.97 Å². The van der Waals surface area contributed by atoms with Crippen LogP contribution < -0.4 is 5.32 Å². The summed E-state index contributed by atoms with van der Waals surface area (Å²) in [5.74, 6) is -0.466. The number of esters is 1. The minimum atomic E-state index is -0.466. The largest absolute Gasteiger partial charge is 0.465 e. The highest BCUT2D eigenvalue weighted by molar-refractivity contribution is 6.31. The van der Waals surface area contributed by atoms with E-state index in [1.54, 1.807) is 0 Å². The minimum absolute atomic E-state index is 0. The second kappa shape index (κ2) is 7.68. The van der Waals surface area contributed by atoms with Gasteiger partial charge in [-0.25, -0.2) is 14.8 Å². The van der Waals surface area contributed by atoms with E-state index in [2.05, 4.69) is 15.3 Å². The molecule has 0 saturated carbocycles. The van der Waals surface area contributed by atoms with Crippen molar-refractivity contribution in [3.8, 4) is 0 Å². The summed E-state index contributed by atoms with van der Waals surface area (Å²) < 4.78 is 4.88. The van der Waals surface area contributed by atoms with Crippen LogP contribution in [0.3, 0.4) is 0 Å². The molecule has 0 bridgehead atoms. The highest BCUT2D eigenvalue weighted by Gasteiger charge is 2.18. The zero-order valence-corrected chi connectivity index (χ0v) is 15.5. The van der Waals surface area contributed by atoms with E-state index in [1.165, 1.54) is 13.3 Å². The van der Waals surface area contributed by atoms with Crippen molar-refractivity contribution in [3.05, 3.63) is 58.4 Å². The Morgan fingerprint density at radius 1 is 1.20 bits per heavy atom. The highest BCUT2D eigenvalue weighted by Crippen LogP contribution is 2.32. The Kier molecular flexibility index (Phi) is 5.82. The molecule has 3 rings (SSSR count). The fourth-order valence-corrected chi connectivity index (χ4v) is 2.62. The maximum absolute atomic E-state index is 12.1. The van der Waals surface area contributed by atoms with Crippen molar-refractivity contribution in [2.24, 2.45) is 0 Å². The minimum Gasteiger partial charge on any atom is -0.465 e. The van der Waals surface area contributed by atoms with Gasteiger partial charge in [-0.2, -0.15) is 0 Å². The van der Waals surface area contributed by atoms with Crippen LogP contribution in [-0.4, -0.2) is 23.0 Å². The molecular weight excluding hydrogens is 361 g/mol. The number of carbonyl (C=O) groups is 1. The molecule has 25 heavy (non-hydrogen) atoms. The lowest BCUT2D eigenvalue weighted by Crippen LogP contribution is -2.08. The number of hydrogen-bond acceptors (Lipinski definition) is 5. The number of anilines is 2. The summed E-state index contributed by atoms with van der Waals surface area (Å²) in [6.45, 7) is 3.80. The molecule has 1 aromatic carbocycles. The first-order valence-electron chi connectivity index (χ1n) is 7.38. The molecule has 0 aliphatic carbocycles. The normalized spacial score (nSPS) is 10.2. The van der Waals surface area contributed by atoms with Crippen molar-refractivity contribution in [1.29, 1.82) is 0 Å². The zero-order chi connectivity index (χ0) is 17.3. The van der Waals surface area contributed by atoms with Gasteiger partial charge in [0.1, 0.15) is 5.56 Å². The number of methoxy groups -OCH3 is 1. The number of pyridine rings is 2. The number of fused-ring (bicyclic) bond motifs is 1. The third-order valence-corrected chi connectivity index (χ3v) is 4.21. The molecule has 0 spiro atoms. The number of aryl methyl sites for hydroxylation is 1. The number of hydrogen-bond donors (Lipinski definition) is 1. The second-order valence-corrected chi connectivity index (χ2v) is 5.81. The standard InChI is InChI=1S/C18H16ClN3O2.ClH/c1-10-7-8-12-16(22-15-6-4-5-14(19)11(15)2)13(18(23)24-3)9-20-17(12)21-10;/h4-9H,1-3H3,(H,20,21,22);1H. The van der Waals surface area contributed by atoms with Crippen LogP contribution in [0.25, 0.3) is 11.0 Å².